The predicted molar refractivity (Wildman–Crippen MR) is 67.5 cm³/mol. The minimum atomic E-state index is -0.493. The number of nitrogens with two attached hydrogens (primary N) is 1. The third-order valence-corrected chi connectivity index (χ3v) is 5.40. The van der Waals surface area contributed by atoms with Gasteiger partial charge in [-0.3, -0.25) is 0 Å². The van der Waals surface area contributed by atoms with Gasteiger partial charge in [-0.2, -0.15) is 0 Å². The summed E-state index contributed by atoms with van der Waals surface area (Å²) in [7, 11) is 0. The van der Waals surface area contributed by atoms with E-state index < -0.39 is 6.10 Å². The van der Waals surface area contributed by atoms with E-state index in [1.807, 2.05) is 19.9 Å². The lowest BCUT2D eigenvalue weighted by molar-refractivity contribution is 0.0991. The SMILES string of the molecule is CC(C)[C@H](O)[C@H](N)c1cc(Br)c(Br)s1. The van der Waals surface area contributed by atoms with Crippen molar-refractivity contribution >= 4 is 43.2 Å². The summed E-state index contributed by atoms with van der Waals surface area (Å²) in [6.45, 7) is 3.92. The molecule has 0 radical (unpaired) electrons. The maximum atomic E-state index is 9.80. The van der Waals surface area contributed by atoms with Crippen molar-refractivity contribution in [1.82, 2.24) is 0 Å². The number of thiophene rings is 1. The van der Waals surface area contributed by atoms with Crippen LogP contribution >= 0.6 is 43.2 Å². The van der Waals surface area contributed by atoms with E-state index in [1.54, 1.807) is 11.3 Å². The lowest BCUT2D eigenvalue weighted by Crippen LogP contribution is -2.29. The second kappa shape index (κ2) is 5.07. The molecular formula is C9H13Br2NOS. The number of halogens is 2. The third-order valence-electron chi connectivity index (χ3n) is 2.04. The van der Waals surface area contributed by atoms with E-state index in [0.29, 0.717) is 0 Å². The molecule has 0 saturated heterocycles. The Labute approximate surface area is 105 Å². The van der Waals surface area contributed by atoms with Crippen molar-refractivity contribution in [3.05, 3.63) is 19.2 Å². The normalized spacial score (nSPS) is 15.9. The van der Waals surface area contributed by atoms with E-state index in [9.17, 15) is 5.11 Å². The van der Waals surface area contributed by atoms with Crippen LogP contribution in [-0.2, 0) is 0 Å². The quantitative estimate of drug-likeness (QED) is 0.885. The monoisotopic (exact) mass is 341 g/mol. The molecule has 0 bridgehead atoms. The number of rotatable bonds is 3. The molecule has 1 rings (SSSR count). The fourth-order valence-corrected chi connectivity index (χ4v) is 3.24. The highest BCUT2D eigenvalue weighted by molar-refractivity contribution is 9.13. The van der Waals surface area contributed by atoms with Gasteiger partial charge in [0.25, 0.3) is 0 Å². The minimum Gasteiger partial charge on any atom is -0.391 e. The summed E-state index contributed by atoms with van der Waals surface area (Å²) in [5.41, 5.74) is 5.94. The van der Waals surface area contributed by atoms with Crippen LogP contribution in [0.4, 0.5) is 0 Å². The molecule has 0 saturated carbocycles. The van der Waals surface area contributed by atoms with Gasteiger partial charge in [-0.1, -0.05) is 13.8 Å². The highest BCUT2D eigenvalue weighted by Crippen LogP contribution is 2.36. The average Bonchev–Trinajstić information content (AvgIpc) is 2.44. The lowest BCUT2D eigenvalue weighted by atomic mass is 9.99. The van der Waals surface area contributed by atoms with Gasteiger partial charge in [0.1, 0.15) is 0 Å². The first-order valence-corrected chi connectivity index (χ1v) is 6.72. The van der Waals surface area contributed by atoms with Crippen LogP contribution in [0.2, 0.25) is 0 Å². The molecule has 1 aromatic heterocycles. The fraction of sp³-hybridized carbons (Fsp3) is 0.556. The molecule has 2 atom stereocenters. The first-order chi connectivity index (χ1) is 6.43. The Balaban J connectivity index is 2.83. The van der Waals surface area contributed by atoms with Crippen LogP contribution < -0.4 is 5.73 Å². The molecule has 1 aromatic rings. The number of hydrogen-bond donors (Lipinski definition) is 2. The van der Waals surface area contributed by atoms with Crippen molar-refractivity contribution in [2.75, 3.05) is 0 Å². The lowest BCUT2D eigenvalue weighted by Gasteiger charge is -2.20. The molecule has 0 aliphatic carbocycles. The second-order valence-corrected chi connectivity index (χ2v) is 6.79. The van der Waals surface area contributed by atoms with Gasteiger partial charge in [-0.15, -0.1) is 11.3 Å². The van der Waals surface area contributed by atoms with Crippen LogP contribution in [0.15, 0.2) is 14.3 Å². The van der Waals surface area contributed by atoms with Crippen molar-refractivity contribution in [3.8, 4) is 0 Å². The van der Waals surface area contributed by atoms with E-state index >= 15 is 0 Å². The largest absolute Gasteiger partial charge is 0.391 e. The maximum Gasteiger partial charge on any atom is 0.0843 e. The van der Waals surface area contributed by atoms with Crippen LogP contribution in [0.5, 0.6) is 0 Å². The molecule has 0 aliphatic heterocycles. The van der Waals surface area contributed by atoms with E-state index in [4.69, 9.17) is 5.73 Å². The van der Waals surface area contributed by atoms with Gasteiger partial charge >= 0.3 is 0 Å². The molecule has 5 heteroatoms. The molecule has 80 valence electrons. The van der Waals surface area contributed by atoms with Crippen molar-refractivity contribution in [2.24, 2.45) is 11.7 Å². The van der Waals surface area contributed by atoms with Crippen molar-refractivity contribution < 1.29 is 5.11 Å². The summed E-state index contributed by atoms with van der Waals surface area (Å²) in [5, 5.41) is 9.80. The first-order valence-electron chi connectivity index (χ1n) is 4.32. The summed E-state index contributed by atoms with van der Waals surface area (Å²) < 4.78 is 2.00. The third kappa shape index (κ3) is 2.79. The van der Waals surface area contributed by atoms with Gasteiger partial charge < -0.3 is 10.8 Å². The van der Waals surface area contributed by atoms with E-state index in [-0.39, 0.29) is 12.0 Å². The summed E-state index contributed by atoms with van der Waals surface area (Å²) in [5.74, 6) is 0.171. The number of aliphatic hydroxyl groups excluding tert-OH is 1. The van der Waals surface area contributed by atoms with E-state index in [0.717, 1.165) is 13.1 Å². The van der Waals surface area contributed by atoms with Crippen LogP contribution in [0.1, 0.15) is 24.8 Å². The Morgan fingerprint density at radius 3 is 2.36 bits per heavy atom. The van der Waals surface area contributed by atoms with E-state index in [2.05, 4.69) is 31.9 Å². The highest BCUT2D eigenvalue weighted by atomic mass is 79.9. The topological polar surface area (TPSA) is 46.2 Å². The highest BCUT2D eigenvalue weighted by Gasteiger charge is 2.22. The molecule has 3 N–H and O–H groups in total. The van der Waals surface area contributed by atoms with Gasteiger partial charge in [0.2, 0.25) is 0 Å². The predicted octanol–water partition coefficient (Wildman–Crippen LogP) is 3.29. The summed E-state index contributed by atoms with van der Waals surface area (Å²) in [6, 6.07) is 1.65. The standard InChI is InChI=1S/C9H13Br2NOS/c1-4(2)8(13)7(12)6-3-5(10)9(11)14-6/h3-4,7-8,13H,12H2,1-2H3/t7-,8+/m1/s1. The Kier molecular flexibility index (Phi) is 4.58. The Morgan fingerprint density at radius 1 is 1.43 bits per heavy atom. The van der Waals surface area contributed by atoms with Crippen LogP contribution in [-0.4, -0.2) is 11.2 Å². The molecule has 0 spiro atoms. The molecule has 2 nitrogen and oxygen atoms in total. The number of aliphatic hydroxyl groups is 1. The van der Waals surface area contributed by atoms with Gasteiger partial charge in [0.15, 0.2) is 0 Å². The van der Waals surface area contributed by atoms with Crippen LogP contribution in [0.3, 0.4) is 0 Å². The molecule has 0 unspecified atom stereocenters. The fourth-order valence-electron chi connectivity index (χ4n) is 1.11. The molecule has 0 amide bonds. The smallest absolute Gasteiger partial charge is 0.0843 e. The molecular weight excluding hydrogens is 330 g/mol. The maximum absolute atomic E-state index is 9.80. The first kappa shape index (κ1) is 12.6. The summed E-state index contributed by atoms with van der Waals surface area (Å²) in [6.07, 6.45) is -0.493. The molecule has 0 fully saturated rings. The van der Waals surface area contributed by atoms with Crippen molar-refractivity contribution in [1.29, 1.82) is 0 Å². The summed E-state index contributed by atoms with van der Waals surface area (Å²) in [4.78, 5) is 0.991. The molecule has 1 heterocycles. The van der Waals surface area contributed by atoms with Gasteiger partial charge in [0.05, 0.1) is 15.9 Å². The van der Waals surface area contributed by atoms with E-state index in [1.165, 1.54) is 0 Å². The molecule has 14 heavy (non-hydrogen) atoms. The Hall–Kier alpha value is 0.580. The Bertz CT molecular complexity index is 294. The van der Waals surface area contributed by atoms with Crippen molar-refractivity contribution in [3.63, 3.8) is 0 Å². The van der Waals surface area contributed by atoms with Crippen LogP contribution in [0.25, 0.3) is 0 Å². The van der Waals surface area contributed by atoms with Gasteiger partial charge in [-0.25, -0.2) is 0 Å². The zero-order valence-corrected chi connectivity index (χ0v) is 12.0. The summed E-state index contributed by atoms with van der Waals surface area (Å²) >= 11 is 8.35. The minimum absolute atomic E-state index is 0.171. The van der Waals surface area contributed by atoms with Crippen molar-refractivity contribution in [2.45, 2.75) is 26.0 Å². The zero-order chi connectivity index (χ0) is 10.9. The number of hydrogen-bond acceptors (Lipinski definition) is 3. The molecule has 0 aromatic carbocycles. The Morgan fingerprint density at radius 2 is 2.00 bits per heavy atom. The van der Waals surface area contributed by atoms with Gasteiger partial charge in [-0.05, 0) is 43.8 Å². The van der Waals surface area contributed by atoms with Crippen LogP contribution in [0, 0.1) is 5.92 Å². The zero-order valence-electron chi connectivity index (χ0n) is 8.00. The van der Waals surface area contributed by atoms with Gasteiger partial charge in [0, 0.05) is 9.35 Å². The average molecular weight is 343 g/mol. The molecule has 0 aliphatic rings. The second-order valence-electron chi connectivity index (χ2n) is 3.53.